The van der Waals surface area contributed by atoms with Crippen molar-refractivity contribution in [3.63, 3.8) is 0 Å². The van der Waals surface area contributed by atoms with Crippen LogP contribution in [0.4, 0.5) is 0 Å². The van der Waals surface area contributed by atoms with E-state index in [1.54, 1.807) is 21.2 Å². The van der Waals surface area contributed by atoms with E-state index in [0.29, 0.717) is 24.6 Å². The lowest BCUT2D eigenvalue weighted by molar-refractivity contribution is -0.130. The van der Waals surface area contributed by atoms with E-state index in [-0.39, 0.29) is 31.0 Å². The summed E-state index contributed by atoms with van der Waals surface area (Å²) < 4.78 is 11.1. The number of β-amino-alcohol motifs (C(OH)–C–C–N with tert-alkyl or cyclic N) is 1. The summed E-state index contributed by atoms with van der Waals surface area (Å²) in [6.45, 7) is 1.82. The summed E-state index contributed by atoms with van der Waals surface area (Å²) in [6, 6.07) is 16.0. The average molecular weight is 496 g/mol. The number of rotatable bonds is 8. The molecule has 1 fully saturated rings. The van der Waals surface area contributed by atoms with Crippen molar-refractivity contribution >= 4 is 23.3 Å². The molecule has 2 aromatic carbocycles. The first-order valence-corrected chi connectivity index (χ1v) is 11.7. The minimum Gasteiger partial charge on any atom is -0.493 e. The fourth-order valence-corrected chi connectivity index (χ4v) is 4.35. The van der Waals surface area contributed by atoms with Crippen LogP contribution < -0.4 is 9.47 Å². The number of ether oxygens (including phenoxy) is 2. The number of pyridine rings is 1. The molecule has 36 heavy (non-hydrogen) atoms. The first-order chi connectivity index (χ1) is 17.4. The standard InChI is InChI=1S/C26H31N3O4.CH2O2/c1-28(2)26(31)17-33-25-12-18(8-9-24(25)32-3)14-29-15-20(23(30)16-29)13-19-10-11-27-22-7-5-4-6-21(19)22;2-1-3/h4-12,20,23,30H,13-17H2,1-3H3;1H,(H,2,3)/t20-,23-;/m1./s1. The molecule has 2 N–H and O–H groups in total. The van der Waals surface area contributed by atoms with Gasteiger partial charge in [0.15, 0.2) is 18.1 Å². The molecular weight excluding hydrogens is 462 g/mol. The molecule has 3 aromatic rings. The molecule has 0 aliphatic carbocycles. The second-order valence-corrected chi connectivity index (χ2v) is 8.88. The zero-order valence-corrected chi connectivity index (χ0v) is 20.8. The maximum Gasteiger partial charge on any atom is 0.290 e. The molecule has 0 saturated carbocycles. The van der Waals surface area contributed by atoms with Gasteiger partial charge in [-0.3, -0.25) is 19.5 Å². The Morgan fingerprint density at radius 1 is 1.17 bits per heavy atom. The number of aliphatic hydroxyl groups is 1. The van der Waals surface area contributed by atoms with E-state index in [2.05, 4.69) is 22.0 Å². The van der Waals surface area contributed by atoms with E-state index in [4.69, 9.17) is 19.4 Å². The first kappa shape index (κ1) is 26.9. The highest BCUT2D eigenvalue weighted by Crippen LogP contribution is 2.30. The molecule has 1 saturated heterocycles. The lowest BCUT2D eigenvalue weighted by atomic mass is 9.94. The van der Waals surface area contributed by atoms with E-state index in [9.17, 15) is 9.90 Å². The lowest BCUT2D eigenvalue weighted by Gasteiger charge is -2.18. The van der Waals surface area contributed by atoms with Crippen LogP contribution in [0.25, 0.3) is 10.9 Å². The number of para-hydroxylation sites is 1. The summed E-state index contributed by atoms with van der Waals surface area (Å²) in [7, 11) is 4.98. The number of amides is 1. The number of fused-ring (bicyclic) bond motifs is 1. The predicted molar refractivity (Wildman–Crippen MR) is 136 cm³/mol. The topological polar surface area (TPSA) is 112 Å². The molecule has 0 unspecified atom stereocenters. The highest BCUT2D eigenvalue weighted by atomic mass is 16.5. The van der Waals surface area contributed by atoms with Crippen molar-refractivity contribution in [1.82, 2.24) is 14.8 Å². The number of benzene rings is 2. The van der Waals surface area contributed by atoms with Crippen molar-refractivity contribution in [3.8, 4) is 11.5 Å². The second kappa shape index (κ2) is 12.9. The van der Waals surface area contributed by atoms with Gasteiger partial charge in [-0.25, -0.2) is 0 Å². The second-order valence-electron chi connectivity index (χ2n) is 8.88. The van der Waals surface area contributed by atoms with E-state index in [1.165, 1.54) is 10.5 Å². The van der Waals surface area contributed by atoms with Gasteiger partial charge in [0.2, 0.25) is 0 Å². The van der Waals surface area contributed by atoms with Crippen LogP contribution in [0.3, 0.4) is 0 Å². The molecule has 0 spiro atoms. The number of carbonyl (C=O) groups excluding carboxylic acids is 1. The zero-order chi connectivity index (χ0) is 26.1. The summed E-state index contributed by atoms with van der Waals surface area (Å²) in [6.07, 6.45) is 2.27. The fraction of sp³-hybridized carbons (Fsp3) is 0.370. The molecule has 1 aliphatic rings. The number of likely N-dealkylation sites (N-methyl/N-ethyl adjacent to an activating group) is 1. The molecule has 4 rings (SSSR count). The minimum atomic E-state index is -0.386. The molecule has 0 bridgehead atoms. The summed E-state index contributed by atoms with van der Waals surface area (Å²) >= 11 is 0. The number of methoxy groups -OCH3 is 1. The van der Waals surface area contributed by atoms with Crippen LogP contribution in [0.2, 0.25) is 0 Å². The minimum absolute atomic E-state index is 0.0444. The van der Waals surface area contributed by atoms with E-state index >= 15 is 0 Å². The number of carbonyl (C=O) groups is 2. The summed E-state index contributed by atoms with van der Waals surface area (Å²) in [4.78, 5) is 28.5. The van der Waals surface area contributed by atoms with Crippen LogP contribution in [-0.4, -0.2) is 84.4 Å². The van der Waals surface area contributed by atoms with Gasteiger partial charge in [-0.2, -0.15) is 0 Å². The monoisotopic (exact) mass is 495 g/mol. The van der Waals surface area contributed by atoms with E-state index in [0.717, 1.165) is 29.4 Å². The number of aliphatic hydroxyl groups excluding tert-OH is 1. The smallest absolute Gasteiger partial charge is 0.290 e. The maximum absolute atomic E-state index is 11.9. The first-order valence-electron chi connectivity index (χ1n) is 11.7. The van der Waals surface area contributed by atoms with Gasteiger partial charge in [0.1, 0.15) is 0 Å². The molecule has 192 valence electrons. The summed E-state index contributed by atoms with van der Waals surface area (Å²) in [5.74, 6) is 1.18. The van der Waals surface area contributed by atoms with Crippen molar-refractivity contribution in [3.05, 3.63) is 65.9 Å². The Morgan fingerprint density at radius 2 is 1.92 bits per heavy atom. The molecule has 2 heterocycles. The molecule has 1 aliphatic heterocycles. The van der Waals surface area contributed by atoms with Crippen molar-refractivity contribution in [2.45, 2.75) is 19.1 Å². The number of carboxylic acid groups (broad SMARTS) is 1. The summed E-state index contributed by atoms with van der Waals surface area (Å²) in [5, 5.41) is 18.8. The molecule has 9 nitrogen and oxygen atoms in total. The van der Waals surface area contributed by atoms with Gasteiger partial charge in [0, 0.05) is 51.2 Å². The van der Waals surface area contributed by atoms with E-state index < -0.39 is 0 Å². The molecule has 0 radical (unpaired) electrons. The Morgan fingerprint density at radius 3 is 2.64 bits per heavy atom. The molecule has 9 heteroatoms. The predicted octanol–water partition coefficient (Wildman–Crippen LogP) is 2.45. The zero-order valence-electron chi connectivity index (χ0n) is 20.8. The number of aromatic nitrogens is 1. The van der Waals surface area contributed by atoms with Crippen LogP contribution in [0.15, 0.2) is 54.7 Å². The quantitative estimate of drug-likeness (QED) is 0.459. The Labute approximate surface area is 210 Å². The van der Waals surface area contributed by atoms with Gasteiger partial charge in [-0.1, -0.05) is 24.3 Å². The molecular formula is C27H33N3O6. The van der Waals surface area contributed by atoms with E-state index in [1.807, 2.05) is 42.6 Å². The Balaban J connectivity index is 0.00000115. The van der Waals surface area contributed by atoms with Crippen molar-refractivity contribution in [2.24, 2.45) is 5.92 Å². The number of likely N-dealkylation sites (tertiary alicyclic amines) is 1. The summed E-state index contributed by atoms with van der Waals surface area (Å²) in [5.41, 5.74) is 3.25. The number of hydrogen-bond acceptors (Lipinski definition) is 7. The van der Waals surface area contributed by atoms with Gasteiger partial charge in [-0.05, 0) is 41.8 Å². The van der Waals surface area contributed by atoms with Gasteiger partial charge in [0.05, 0.1) is 18.7 Å². The van der Waals surface area contributed by atoms with Crippen LogP contribution in [-0.2, 0) is 22.6 Å². The Kier molecular flexibility index (Phi) is 9.61. The lowest BCUT2D eigenvalue weighted by Crippen LogP contribution is -2.27. The van der Waals surface area contributed by atoms with Crippen molar-refractivity contribution < 1.29 is 29.3 Å². The Hall–Kier alpha value is -3.69. The van der Waals surface area contributed by atoms with Crippen LogP contribution in [0.5, 0.6) is 11.5 Å². The number of hydrogen-bond donors (Lipinski definition) is 2. The third-order valence-corrected chi connectivity index (χ3v) is 6.19. The normalized spacial score (nSPS) is 17.2. The maximum atomic E-state index is 11.9. The molecule has 1 amide bonds. The largest absolute Gasteiger partial charge is 0.493 e. The highest BCUT2D eigenvalue weighted by Gasteiger charge is 2.31. The van der Waals surface area contributed by atoms with Crippen LogP contribution >= 0.6 is 0 Å². The molecule has 1 aromatic heterocycles. The van der Waals surface area contributed by atoms with Gasteiger partial charge < -0.3 is 24.6 Å². The van der Waals surface area contributed by atoms with Crippen molar-refractivity contribution in [1.29, 1.82) is 0 Å². The number of nitrogens with zero attached hydrogens (tertiary/aromatic N) is 3. The molecule has 2 atom stereocenters. The fourth-order valence-electron chi connectivity index (χ4n) is 4.35. The SMILES string of the molecule is COc1ccc(CN2C[C@@H](Cc3ccnc4ccccc34)[C@H](O)C2)cc1OCC(=O)N(C)C.O=CO. The van der Waals surface area contributed by atoms with Crippen molar-refractivity contribution in [2.75, 3.05) is 40.9 Å². The van der Waals surface area contributed by atoms with Crippen LogP contribution in [0.1, 0.15) is 11.1 Å². The highest BCUT2D eigenvalue weighted by molar-refractivity contribution is 5.81. The van der Waals surface area contributed by atoms with Crippen LogP contribution in [0, 0.1) is 5.92 Å². The third kappa shape index (κ3) is 6.93. The van der Waals surface area contributed by atoms with Gasteiger partial charge in [0.25, 0.3) is 12.4 Å². The van der Waals surface area contributed by atoms with Gasteiger partial charge >= 0.3 is 0 Å². The third-order valence-electron chi connectivity index (χ3n) is 6.19. The van der Waals surface area contributed by atoms with Gasteiger partial charge in [-0.15, -0.1) is 0 Å². The Bertz CT molecular complexity index is 1160. The average Bonchev–Trinajstić information content (AvgIpc) is 3.21.